The summed E-state index contributed by atoms with van der Waals surface area (Å²) in [5.74, 6) is -1.41. The Kier molecular flexibility index (Phi) is 5.13. The Morgan fingerprint density at radius 1 is 1.29 bits per heavy atom. The fourth-order valence-electron chi connectivity index (χ4n) is 1.89. The minimum atomic E-state index is -0.816. The quantitative estimate of drug-likeness (QED) is 0.815. The maximum Gasteiger partial charge on any atom is 0.258 e. The van der Waals surface area contributed by atoms with Crippen LogP contribution >= 0.6 is 0 Å². The molecule has 0 saturated carbocycles. The molecule has 2 rings (SSSR count). The zero-order valence-corrected chi connectivity index (χ0v) is 11.5. The van der Waals surface area contributed by atoms with Crippen LogP contribution in [0.15, 0.2) is 35.3 Å². The molecule has 0 aliphatic heterocycles. The standard InChI is InChI=1S/C14H15F2N3O2/c1-21-8-7-17-9-12-18-6-5-13(20)19(12)14-10(15)3-2-4-11(14)16/h2-6,17H,7-9H2,1H3. The zero-order chi connectivity index (χ0) is 15.2. The molecule has 0 saturated heterocycles. The van der Waals surface area contributed by atoms with Gasteiger partial charge in [0.1, 0.15) is 23.1 Å². The van der Waals surface area contributed by atoms with E-state index in [1.54, 1.807) is 7.11 Å². The number of nitrogens with one attached hydrogen (secondary N) is 1. The van der Waals surface area contributed by atoms with Crippen molar-refractivity contribution in [2.45, 2.75) is 6.54 Å². The molecule has 0 aliphatic carbocycles. The van der Waals surface area contributed by atoms with Gasteiger partial charge in [-0.15, -0.1) is 0 Å². The average Bonchev–Trinajstić information content (AvgIpc) is 2.45. The van der Waals surface area contributed by atoms with Crippen molar-refractivity contribution < 1.29 is 13.5 Å². The first-order valence-corrected chi connectivity index (χ1v) is 6.36. The molecule has 1 heterocycles. The lowest BCUT2D eigenvalue weighted by molar-refractivity contribution is 0.199. The minimum Gasteiger partial charge on any atom is -0.383 e. The predicted molar refractivity (Wildman–Crippen MR) is 73.3 cm³/mol. The summed E-state index contributed by atoms with van der Waals surface area (Å²) in [6.45, 7) is 1.19. The van der Waals surface area contributed by atoms with E-state index in [1.165, 1.54) is 12.3 Å². The number of rotatable bonds is 6. The van der Waals surface area contributed by atoms with Gasteiger partial charge < -0.3 is 10.1 Å². The number of benzene rings is 1. The normalized spacial score (nSPS) is 10.8. The fraction of sp³-hybridized carbons (Fsp3) is 0.286. The van der Waals surface area contributed by atoms with Gasteiger partial charge in [0, 0.05) is 25.9 Å². The van der Waals surface area contributed by atoms with Gasteiger partial charge in [-0.3, -0.25) is 9.36 Å². The first-order chi connectivity index (χ1) is 10.1. The Balaban J connectivity index is 2.41. The van der Waals surface area contributed by atoms with Crippen LogP contribution in [0.5, 0.6) is 0 Å². The predicted octanol–water partition coefficient (Wildman–Crippen LogP) is 1.25. The summed E-state index contributed by atoms with van der Waals surface area (Å²) >= 11 is 0. The summed E-state index contributed by atoms with van der Waals surface area (Å²) in [6, 6.07) is 4.59. The largest absolute Gasteiger partial charge is 0.383 e. The van der Waals surface area contributed by atoms with E-state index >= 15 is 0 Å². The highest BCUT2D eigenvalue weighted by Crippen LogP contribution is 2.16. The number of halogens is 2. The van der Waals surface area contributed by atoms with Gasteiger partial charge in [0.05, 0.1) is 13.2 Å². The van der Waals surface area contributed by atoms with Crippen molar-refractivity contribution in [3.8, 4) is 5.69 Å². The Hall–Kier alpha value is -2.12. The van der Waals surface area contributed by atoms with Crippen molar-refractivity contribution in [2.24, 2.45) is 0 Å². The lowest BCUT2D eigenvalue weighted by atomic mass is 10.2. The lowest BCUT2D eigenvalue weighted by Gasteiger charge is -2.13. The average molecular weight is 295 g/mol. The number of hydrogen-bond donors (Lipinski definition) is 1. The summed E-state index contributed by atoms with van der Waals surface area (Å²) in [6.07, 6.45) is 1.31. The van der Waals surface area contributed by atoms with Crippen LogP contribution in [0.2, 0.25) is 0 Å². The molecule has 21 heavy (non-hydrogen) atoms. The topological polar surface area (TPSA) is 56.1 Å². The van der Waals surface area contributed by atoms with Crippen LogP contribution in [0.4, 0.5) is 8.78 Å². The molecule has 5 nitrogen and oxygen atoms in total. The van der Waals surface area contributed by atoms with Crippen LogP contribution in [-0.2, 0) is 11.3 Å². The summed E-state index contributed by atoms with van der Waals surface area (Å²) in [4.78, 5) is 16.0. The third-order valence-corrected chi connectivity index (χ3v) is 2.85. The SMILES string of the molecule is COCCNCc1nccc(=O)n1-c1c(F)cccc1F. The molecule has 0 radical (unpaired) electrons. The number of para-hydroxylation sites is 1. The Morgan fingerprint density at radius 2 is 2.00 bits per heavy atom. The van der Waals surface area contributed by atoms with Crippen LogP contribution in [0.3, 0.4) is 0 Å². The smallest absolute Gasteiger partial charge is 0.258 e. The third kappa shape index (κ3) is 3.50. The van der Waals surface area contributed by atoms with Crippen LogP contribution in [0.1, 0.15) is 5.82 Å². The van der Waals surface area contributed by atoms with E-state index in [9.17, 15) is 13.6 Å². The van der Waals surface area contributed by atoms with Gasteiger partial charge in [-0.1, -0.05) is 6.07 Å². The highest BCUT2D eigenvalue weighted by molar-refractivity contribution is 5.36. The highest BCUT2D eigenvalue weighted by Gasteiger charge is 2.15. The first kappa shape index (κ1) is 15.3. The first-order valence-electron chi connectivity index (χ1n) is 6.36. The maximum atomic E-state index is 13.9. The molecule has 0 fully saturated rings. The van der Waals surface area contributed by atoms with E-state index in [2.05, 4.69) is 10.3 Å². The third-order valence-electron chi connectivity index (χ3n) is 2.85. The Bertz CT molecular complexity index is 653. The highest BCUT2D eigenvalue weighted by atomic mass is 19.1. The van der Waals surface area contributed by atoms with E-state index in [-0.39, 0.29) is 12.4 Å². The van der Waals surface area contributed by atoms with Gasteiger partial charge in [0.25, 0.3) is 5.56 Å². The van der Waals surface area contributed by atoms with Gasteiger partial charge >= 0.3 is 0 Å². The number of aromatic nitrogens is 2. The fourth-order valence-corrected chi connectivity index (χ4v) is 1.89. The molecule has 7 heteroatoms. The van der Waals surface area contributed by atoms with Crippen molar-refractivity contribution in [2.75, 3.05) is 20.3 Å². The summed E-state index contributed by atoms with van der Waals surface area (Å²) in [5.41, 5.74) is -0.961. The second-order valence-corrected chi connectivity index (χ2v) is 4.27. The molecule has 112 valence electrons. The van der Waals surface area contributed by atoms with Gasteiger partial charge in [0.2, 0.25) is 0 Å². The molecule has 2 aromatic rings. The van der Waals surface area contributed by atoms with Crippen LogP contribution in [0.25, 0.3) is 5.69 Å². The summed E-state index contributed by atoms with van der Waals surface area (Å²) < 4.78 is 33.6. The Labute approximate surface area is 120 Å². The van der Waals surface area contributed by atoms with Crippen LogP contribution in [-0.4, -0.2) is 29.8 Å². The van der Waals surface area contributed by atoms with Crippen molar-refractivity contribution in [3.05, 3.63) is 58.3 Å². The molecule has 0 spiro atoms. The molecule has 0 bridgehead atoms. The lowest BCUT2D eigenvalue weighted by Crippen LogP contribution is -2.28. The molecule has 0 atom stereocenters. The van der Waals surface area contributed by atoms with E-state index in [0.29, 0.717) is 13.2 Å². The molecular formula is C14H15F2N3O2. The summed E-state index contributed by atoms with van der Waals surface area (Å²) in [5, 5.41) is 2.99. The molecule has 0 aliphatic rings. The maximum absolute atomic E-state index is 13.9. The van der Waals surface area contributed by atoms with E-state index in [4.69, 9.17) is 4.74 Å². The van der Waals surface area contributed by atoms with Crippen molar-refractivity contribution in [3.63, 3.8) is 0 Å². The monoisotopic (exact) mass is 295 g/mol. The van der Waals surface area contributed by atoms with Crippen LogP contribution < -0.4 is 10.9 Å². The Morgan fingerprint density at radius 3 is 2.67 bits per heavy atom. The van der Waals surface area contributed by atoms with Crippen LogP contribution in [0, 0.1) is 11.6 Å². The second kappa shape index (κ2) is 7.05. The van der Waals surface area contributed by atoms with E-state index in [1.807, 2.05) is 0 Å². The molecule has 0 unspecified atom stereocenters. The minimum absolute atomic E-state index is 0.188. The molecule has 0 amide bonds. The van der Waals surface area contributed by atoms with E-state index in [0.717, 1.165) is 22.8 Å². The number of hydrogen-bond acceptors (Lipinski definition) is 4. The molecular weight excluding hydrogens is 280 g/mol. The number of ether oxygens (including phenoxy) is 1. The van der Waals surface area contributed by atoms with Crippen molar-refractivity contribution in [1.29, 1.82) is 0 Å². The van der Waals surface area contributed by atoms with Gasteiger partial charge in [-0.05, 0) is 12.1 Å². The second-order valence-electron chi connectivity index (χ2n) is 4.27. The van der Waals surface area contributed by atoms with Gasteiger partial charge in [-0.2, -0.15) is 0 Å². The van der Waals surface area contributed by atoms with Gasteiger partial charge in [0.15, 0.2) is 0 Å². The zero-order valence-electron chi connectivity index (χ0n) is 11.5. The van der Waals surface area contributed by atoms with Gasteiger partial charge in [-0.25, -0.2) is 13.8 Å². The molecule has 1 N–H and O–H groups in total. The number of methoxy groups -OCH3 is 1. The van der Waals surface area contributed by atoms with E-state index < -0.39 is 22.9 Å². The van der Waals surface area contributed by atoms with Crippen molar-refractivity contribution >= 4 is 0 Å². The number of nitrogens with zero attached hydrogens (tertiary/aromatic N) is 2. The summed E-state index contributed by atoms with van der Waals surface area (Å²) in [7, 11) is 1.56. The molecule has 1 aromatic heterocycles. The van der Waals surface area contributed by atoms with Crippen molar-refractivity contribution in [1.82, 2.24) is 14.9 Å². The molecule has 1 aromatic carbocycles.